The van der Waals surface area contributed by atoms with Crippen molar-refractivity contribution in [1.29, 1.82) is 0 Å². The summed E-state index contributed by atoms with van der Waals surface area (Å²) in [5.74, 6) is 1.83. The minimum absolute atomic E-state index is 0.769. The van der Waals surface area contributed by atoms with Crippen molar-refractivity contribution in [3.8, 4) is 11.5 Å². The molecule has 0 saturated heterocycles. The summed E-state index contributed by atoms with van der Waals surface area (Å²) in [4.78, 5) is 0. The van der Waals surface area contributed by atoms with Gasteiger partial charge >= 0.3 is 0 Å². The van der Waals surface area contributed by atoms with Crippen molar-refractivity contribution in [2.45, 2.75) is 26.2 Å². The fraction of sp³-hybridized carbons (Fsp3) is 0.538. The Morgan fingerprint density at radius 2 is 1.50 bits per heavy atom. The highest BCUT2D eigenvalue weighted by Crippen LogP contribution is 2.17. The first-order chi connectivity index (χ1) is 7.86. The van der Waals surface area contributed by atoms with Crippen LogP contribution in [0.25, 0.3) is 0 Å². The Morgan fingerprint density at radius 1 is 0.938 bits per heavy atom. The van der Waals surface area contributed by atoms with Crippen LogP contribution >= 0.6 is 15.9 Å². The molecule has 3 heteroatoms. The lowest BCUT2D eigenvalue weighted by molar-refractivity contribution is 0.304. The summed E-state index contributed by atoms with van der Waals surface area (Å²) in [6.45, 7) is 3.65. The Kier molecular flexibility index (Phi) is 7.06. The lowest BCUT2D eigenvalue weighted by Gasteiger charge is -2.07. The number of rotatable bonds is 8. The zero-order valence-electron chi connectivity index (χ0n) is 9.75. The van der Waals surface area contributed by atoms with Gasteiger partial charge in [-0.05, 0) is 43.5 Å². The highest BCUT2D eigenvalue weighted by molar-refractivity contribution is 9.09. The standard InChI is InChI=1S/C13H19BrO2/c1-2-10-15-12-5-7-13(8-6-12)16-11-4-3-9-14/h5-8H,2-4,9-11H2,1H3. The van der Waals surface area contributed by atoms with E-state index in [0.29, 0.717) is 0 Å². The molecule has 0 aliphatic carbocycles. The fourth-order valence-corrected chi connectivity index (χ4v) is 1.64. The molecule has 0 aliphatic rings. The van der Waals surface area contributed by atoms with Crippen molar-refractivity contribution < 1.29 is 9.47 Å². The van der Waals surface area contributed by atoms with E-state index < -0.39 is 0 Å². The average molecular weight is 287 g/mol. The van der Waals surface area contributed by atoms with Crippen molar-refractivity contribution in [2.24, 2.45) is 0 Å². The van der Waals surface area contributed by atoms with Gasteiger partial charge in [-0.2, -0.15) is 0 Å². The lowest BCUT2D eigenvalue weighted by Crippen LogP contribution is -1.98. The van der Waals surface area contributed by atoms with E-state index in [1.807, 2.05) is 24.3 Å². The van der Waals surface area contributed by atoms with Gasteiger partial charge in [0.25, 0.3) is 0 Å². The molecule has 0 aliphatic heterocycles. The van der Waals surface area contributed by atoms with Crippen LogP contribution in [0.5, 0.6) is 11.5 Å². The first-order valence-electron chi connectivity index (χ1n) is 5.78. The minimum Gasteiger partial charge on any atom is -0.494 e. The van der Waals surface area contributed by atoms with Gasteiger partial charge in [-0.1, -0.05) is 22.9 Å². The van der Waals surface area contributed by atoms with Crippen LogP contribution in [0.15, 0.2) is 24.3 Å². The molecule has 0 saturated carbocycles. The normalized spacial score (nSPS) is 10.1. The Balaban J connectivity index is 2.27. The van der Waals surface area contributed by atoms with Gasteiger partial charge in [0.1, 0.15) is 11.5 Å². The molecule has 1 aromatic rings. The lowest BCUT2D eigenvalue weighted by atomic mass is 10.3. The van der Waals surface area contributed by atoms with E-state index in [2.05, 4.69) is 22.9 Å². The van der Waals surface area contributed by atoms with Gasteiger partial charge in [-0.3, -0.25) is 0 Å². The van der Waals surface area contributed by atoms with E-state index in [1.54, 1.807) is 0 Å². The summed E-state index contributed by atoms with van der Waals surface area (Å²) in [5.41, 5.74) is 0. The average Bonchev–Trinajstić information content (AvgIpc) is 2.33. The Labute approximate surface area is 106 Å². The summed E-state index contributed by atoms with van der Waals surface area (Å²) >= 11 is 3.40. The van der Waals surface area contributed by atoms with Crippen molar-refractivity contribution in [2.75, 3.05) is 18.5 Å². The van der Waals surface area contributed by atoms with Gasteiger partial charge < -0.3 is 9.47 Å². The number of unbranched alkanes of at least 4 members (excludes halogenated alkanes) is 1. The van der Waals surface area contributed by atoms with Crippen LogP contribution in [0, 0.1) is 0 Å². The molecular formula is C13H19BrO2. The summed E-state index contributed by atoms with van der Waals surface area (Å²) in [5, 5.41) is 1.04. The quantitative estimate of drug-likeness (QED) is 0.531. The second-order valence-corrected chi connectivity index (χ2v) is 4.36. The highest BCUT2D eigenvalue weighted by Gasteiger charge is 1.95. The van der Waals surface area contributed by atoms with E-state index in [0.717, 1.165) is 49.3 Å². The number of hydrogen-bond acceptors (Lipinski definition) is 2. The van der Waals surface area contributed by atoms with Gasteiger partial charge in [-0.15, -0.1) is 0 Å². The molecule has 0 amide bonds. The van der Waals surface area contributed by atoms with Crippen LogP contribution < -0.4 is 9.47 Å². The van der Waals surface area contributed by atoms with Crippen LogP contribution in [0.2, 0.25) is 0 Å². The molecule has 16 heavy (non-hydrogen) atoms. The van der Waals surface area contributed by atoms with Crippen LogP contribution in [0.3, 0.4) is 0 Å². The fourth-order valence-electron chi connectivity index (χ4n) is 1.24. The number of hydrogen-bond donors (Lipinski definition) is 0. The Hall–Kier alpha value is -0.700. The SMILES string of the molecule is CCCOc1ccc(OCCCCBr)cc1. The van der Waals surface area contributed by atoms with Crippen LogP contribution in [0.4, 0.5) is 0 Å². The number of halogens is 1. The molecule has 0 aromatic heterocycles. The molecule has 0 heterocycles. The predicted molar refractivity (Wildman–Crippen MR) is 70.8 cm³/mol. The number of alkyl halides is 1. The minimum atomic E-state index is 0.769. The van der Waals surface area contributed by atoms with Gasteiger partial charge in [0.15, 0.2) is 0 Å². The van der Waals surface area contributed by atoms with E-state index in [4.69, 9.17) is 9.47 Å². The van der Waals surface area contributed by atoms with Crippen LogP contribution in [-0.2, 0) is 0 Å². The van der Waals surface area contributed by atoms with Gasteiger partial charge in [0.05, 0.1) is 13.2 Å². The Morgan fingerprint density at radius 3 is 2.00 bits per heavy atom. The van der Waals surface area contributed by atoms with E-state index >= 15 is 0 Å². The smallest absolute Gasteiger partial charge is 0.119 e. The molecule has 1 aromatic carbocycles. The van der Waals surface area contributed by atoms with E-state index in [1.165, 1.54) is 0 Å². The van der Waals surface area contributed by atoms with Crippen molar-refractivity contribution in [3.63, 3.8) is 0 Å². The second kappa shape index (κ2) is 8.45. The molecule has 2 nitrogen and oxygen atoms in total. The molecule has 1 rings (SSSR count). The summed E-state index contributed by atoms with van der Waals surface area (Å²) in [7, 11) is 0. The maximum atomic E-state index is 5.59. The Bertz CT molecular complexity index is 272. The molecular weight excluding hydrogens is 268 g/mol. The largest absolute Gasteiger partial charge is 0.494 e. The zero-order chi connectivity index (χ0) is 11.6. The van der Waals surface area contributed by atoms with Gasteiger partial charge in [0.2, 0.25) is 0 Å². The molecule has 0 radical (unpaired) electrons. The third kappa shape index (κ3) is 5.40. The monoisotopic (exact) mass is 286 g/mol. The third-order valence-electron chi connectivity index (χ3n) is 2.09. The van der Waals surface area contributed by atoms with E-state index in [-0.39, 0.29) is 0 Å². The first-order valence-corrected chi connectivity index (χ1v) is 6.90. The van der Waals surface area contributed by atoms with Crippen molar-refractivity contribution in [3.05, 3.63) is 24.3 Å². The zero-order valence-corrected chi connectivity index (χ0v) is 11.3. The van der Waals surface area contributed by atoms with Crippen molar-refractivity contribution in [1.82, 2.24) is 0 Å². The summed E-state index contributed by atoms with van der Waals surface area (Å²) < 4.78 is 11.1. The maximum absolute atomic E-state index is 5.59. The molecule has 90 valence electrons. The predicted octanol–water partition coefficient (Wildman–Crippen LogP) is 4.03. The molecule has 0 N–H and O–H groups in total. The number of benzene rings is 1. The van der Waals surface area contributed by atoms with Crippen LogP contribution in [0.1, 0.15) is 26.2 Å². The number of ether oxygens (including phenoxy) is 2. The van der Waals surface area contributed by atoms with Gasteiger partial charge in [-0.25, -0.2) is 0 Å². The van der Waals surface area contributed by atoms with Crippen LogP contribution in [-0.4, -0.2) is 18.5 Å². The molecule has 0 atom stereocenters. The molecule has 0 bridgehead atoms. The molecule has 0 fully saturated rings. The van der Waals surface area contributed by atoms with Gasteiger partial charge in [0, 0.05) is 5.33 Å². The van der Waals surface area contributed by atoms with E-state index in [9.17, 15) is 0 Å². The highest BCUT2D eigenvalue weighted by atomic mass is 79.9. The first kappa shape index (κ1) is 13.4. The third-order valence-corrected chi connectivity index (χ3v) is 2.65. The maximum Gasteiger partial charge on any atom is 0.119 e. The van der Waals surface area contributed by atoms with Crippen molar-refractivity contribution >= 4 is 15.9 Å². The summed E-state index contributed by atoms with van der Waals surface area (Å²) in [6.07, 6.45) is 3.27. The second-order valence-electron chi connectivity index (χ2n) is 3.56. The molecule has 0 unspecified atom stereocenters. The summed E-state index contributed by atoms with van der Waals surface area (Å²) in [6, 6.07) is 7.82. The molecule has 0 spiro atoms. The topological polar surface area (TPSA) is 18.5 Å².